The summed E-state index contributed by atoms with van der Waals surface area (Å²) in [6.07, 6.45) is 1.70. The zero-order valence-electron chi connectivity index (χ0n) is 14.9. The molecule has 25 heavy (non-hydrogen) atoms. The molecule has 1 heterocycles. The van der Waals surface area contributed by atoms with Crippen LogP contribution in [0.25, 0.3) is 0 Å². The van der Waals surface area contributed by atoms with Gasteiger partial charge in [0.2, 0.25) is 11.8 Å². The highest BCUT2D eigenvalue weighted by Crippen LogP contribution is 2.31. The molecule has 0 spiro atoms. The van der Waals surface area contributed by atoms with Crippen LogP contribution in [-0.2, 0) is 9.59 Å². The highest BCUT2D eigenvalue weighted by atomic mass is 28.3. The minimum absolute atomic E-state index is 0.0176. The van der Waals surface area contributed by atoms with Crippen LogP contribution in [0, 0.1) is 0 Å². The van der Waals surface area contributed by atoms with E-state index in [1.54, 1.807) is 0 Å². The Labute approximate surface area is 150 Å². The standard InChI is InChI=1S/C21H25NO2Si/c1-25(2,18-12-7-4-8-13-18)19(17-10-5-3-6-11-17)16-21(24)22-15-9-14-20(22)23/h3-8,10-13,19H,9,14-16H2,1-2H3. The van der Waals surface area contributed by atoms with Crippen LogP contribution < -0.4 is 5.19 Å². The van der Waals surface area contributed by atoms with E-state index in [4.69, 9.17) is 0 Å². The molecule has 1 unspecified atom stereocenters. The summed E-state index contributed by atoms with van der Waals surface area (Å²) in [5.41, 5.74) is 1.35. The Bertz CT molecular complexity index is 743. The Morgan fingerprint density at radius 3 is 2.20 bits per heavy atom. The van der Waals surface area contributed by atoms with Gasteiger partial charge in [-0.1, -0.05) is 78.9 Å². The maximum Gasteiger partial charge on any atom is 0.229 e. The molecule has 4 heteroatoms. The second kappa shape index (κ2) is 7.36. The monoisotopic (exact) mass is 351 g/mol. The molecule has 3 nitrogen and oxygen atoms in total. The molecular formula is C21H25NO2Si. The van der Waals surface area contributed by atoms with Crippen LogP contribution in [0.5, 0.6) is 0 Å². The first-order valence-electron chi connectivity index (χ1n) is 8.94. The first-order chi connectivity index (χ1) is 12.0. The average Bonchev–Trinajstić information content (AvgIpc) is 3.07. The molecule has 0 aromatic heterocycles. The summed E-state index contributed by atoms with van der Waals surface area (Å²) >= 11 is 0. The van der Waals surface area contributed by atoms with Crippen LogP contribution in [0.15, 0.2) is 60.7 Å². The van der Waals surface area contributed by atoms with Crippen LogP contribution in [-0.4, -0.2) is 31.3 Å². The van der Waals surface area contributed by atoms with Crippen molar-refractivity contribution in [2.45, 2.75) is 37.9 Å². The fourth-order valence-electron chi connectivity index (χ4n) is 3.74. The van der Waals surface area contributed by atoms with E-state index in [0.29, 0.717) is 19.4 Å². The van der Waals surface area contributed by atoms with Crippen LogP contribution in [0.1, 0.15) is 30.4 Å². The van der Waals surface area contributed by atoms with E-state index in [0.717, 1.165) is 6.42 Å². The molecule has 2 aromatic rings. The molecule has 1 aliphatic rings. The lowest BCUT2D eigenvalue weighted by atomic mass is 10.1. The highest BCUT2D eigenvalue weighted by Gasteiger charge is 2.38. The number of amides is 2. The molecule has 0 N–H and O–H groups in total. The maximum atomic E-state index is 12.8. The summed E-state index contributed by atoms with van der Waals surface area (Å²) < 4.78 is 0. The Morgan fingerprint density at radius 2 is 1.64 bits per heavy atom. The average molecular weight is 352 g/mol. The fourth-order valence-corrected chi connectivity index (χ4v) is 6.91. The molecular weight excluding hydrogens is 326 g/mol. The third kappa shape index (κ3) is 3.74. The van der Waals surface area contributed by atoms with Crippen molar-refractivity contribution in [1.82, 2.24) is 4.90 Å². The van der Waals surface area contributed by atoms with Crippen LogP contribution in [0.3, 0.4) is 0 Å². The summed E-state index contributed by atoms with van der Waals surface area (Å²) in [7, 11) is -1.94. The highest BCUT2D eigenvalue weighted by molar-refractivity contribution is 6.91. The SMILES string of the molecule is C[Si](C)(c1ccccc1)C(CC(=O)N1CCCC1=O)c1ccccc1. The van der Waals surface area contributed by atoms with Gasteiger partial charge in [0.15, 0.2) is 0 Å². The summed E-state index contributed by atoms with van der Waals surface area (Å²) in [6, 6.07) is 20.8. The molecule has 1 atom stereocenters. The van der Waals surface area contributed by atoms with Crippen molar-refractivity contribution in [2.24, 2.45) is 0 Å². The van der Waals surface area contributed by atoms with Crippen molar-refractivity contribution in [3.8, 4) is 0 Å². The van der Waals surface area contributed by atoms with Crippen molar-refractivity contribution < 1.29 is 9.59 Å². The summed E-state index contributed by atoms with van der Waals surface area (Å²) in [5.74, 6) is -0.0381. The normalized spacial score (nSPS) is 16.1. The first kappa shape index (κ1) is 17.6. The van der Waals surface area contributed by atoms with E-state index in [1.807, 2.05) is 24.3 Å². The van der Waals surface area contributed by atoms with Crippen molar-refractivity contribution in [2.75, 3.05) is 6.54 Å². The molecule has 2 aromatic carbocycles. The van der Waals surface area contributed by atoms with Crippen LogP contribution in [0.2, 0.25) is 13.1 Å². The Kier molecular flexibility index (Phi) is 5.18. The third-order valence-electron chi connectivity index (χ3n) is 5.34. The molecule has 0 aliphatic carbocycles. The Hall–Kier alpha value is -2.20. The number of nitrogens with zero attached hydrogens (tertiary/aromatic N) is 1. The van der Waals surface area contributed by atoms with Gasteiger partial charge in [-0.3, -0.25) is 14.5 Å². The van der Waals surface area contributed by atoms with E-state index >= 15 is 0 Å². The second-order valence-electron chi connectivity index (χ2n) is 7.30. The molecule has 1 fully saturated rings. The van der Waals surface area contributed by atoms with Crippen molar-refractivity contribution in [1.29, 1.82) is 0 Å². The Balaban J connectivity index is 1.93. The zero-order chi connectivity index (χ0) is 17.9. The van der Waals surface area contributed by atoms with Crippen molar-refractivity contribution >= 4 is 25.1 Å². The van der Waals surface area contributed by atoms with Gasteiger partial charge in [0, 0.05) is 19.4 Å². The Morgan fingerprint density at radius 1 is 1.04 bits per heavy atom. The smallest absolute Gasteiger partial charge is 0.229 e. The van der Waals surface area contributed by atoms with Crippen LogP contribution in [0.4, 0.5) is 0 Å². The quantitative estimate of drug-likeness (QED) is 0.774. The number of hydrogen-bond acceptors (Lipinski definition) is 2. The predicted molar refractivity (Wildman–Crippen MR) is 103 cm³/mol. The van der Waals surface area contributed by atoms with Gasteiger partial charge in [0.1, 0.15) is 0 Å². The van der Waals surface area contributed by atoms with E-state index in [-0.39, 0.29) is 17.4 Å². The molecule has 0 saturated carbocycles. The predicted octanol–water partition coefficient (Wildman–Crippen LogP) is 3.46. The summed E-state index contributed by atoms with van der Waals surface area (Å²) in [4.78, 5) is 26.3. The van der Waals surface area contributed by atoms with Gasteiger partial charge in [-0.15, -0.1) is 0 Å². The van der Waals surface area contributed by atoms with Gasteiger partial charge in [-0.05, 0) is 17.5 Å². The summed E-state index contributed by atoms with van der Waals surface area (Å²) in [5, 5.41) is 1.34. The number of benzene rings is 2. The fraction of sp³-hybridized carbons (Fsp3) is 0.333. The number of carbonyl (C=O) groups excluding carboxylic acids is 2. The van der Waals surface area contributed by atoms with Crippen molar-refractivity contribution in [3.05, 3.63) is 66.2 Å². The van der Waals surface area contributed by atoms with Gasteiger partial charge in [-0.2, -0.15) is 0 Å². The number of rotatable bonds is 5. The number of imide groups is 1. The topological polar surface area (TPSA) is 37.4 Å². The maximum absolute atomic E-state index is 12.8. The summed E-state index contributed by atoms with van der Waals surface area (Å²) in [6.45, 7) is 5.21. The number of hydrogen-bond donors (Lipinski definition) is 0. The first-order valence-corrected chi connectivity index (χ1v) is 12.0. The lowest BCUT2D eigenvalue weighted by Crippen LogP contribution is -2.49. The molecule has 0 bridgehead atoms. The van der Waals surface area contributed by atoms with Crippen LogP contribution >= 0.6 is 0 Å². The minimum Gasteiger partial charge on any atom is -0.283 e. The molecule has 130 valence electrons. The molecule has 2 amide bonds. The van der Waals surface area contributed by atoms with Gasteiger partial charge >= 0.3 is 0 Å². The molecule has 1 aliphatic heterocycles. The zero-order valence-corrected chi connectivity index (χ0v) is 15.9. The third-order valence-corrected chi connectivity index (χ3v) is 9.45. The van der Waals surface area contributed by atoms with Crippen molar-refractivity contribution in [3.63, 3.8) is 0 Å². The molecule has 1 saturated heterocycles. The van der Waals surface area contributed by atoms with E-state index in [2.05, 4.69) is 49.5 Å². The van der Waals surface area contributed by atoms with Gasteiger partial charge in [-0.25, -0.2) is 0 Å². The molecule has 0 radical (unpaired) electrons. The van der Waals surface area contributed by atoms with Gasteiger partial charge < -0.3 is 0 Å². The second-order valence-corrected chi connectivity index (χ2v) is 12.0. The lowest BCUT2D eigenvalue weighted by molar-refractivity contribution is -0.141. The van der Waals surface area contributed by atoms with Gasteiger partial charge in [0.25, 0.3) is 0 Å². The minimum atomic E-state index is -1.94. The lowest BCUT2D eigenvalue weighted by Gasteiger charge is -2.34. The van der Waals surface area contributed by atoms with E-state index in [1.165, 1.54) is 15.7 Å². The van der Waals surface area contributed by atoms with E-state index < -0.39 is 8.07 Å². The largest absolute Gasteiger partial charge is 0.283 e. The van der Waals surface area contributed by atoms with Gasteiger partial charge in [0.05, 0.1) is 8.07 Å². The number of carbonyl (C=O) groups is 2. The number of likely N-dealkylation sites (tertiary alicyclic amines) is 1. The molecule has 3 rings (SSSR count). The van der Waals surface area contributed by atoms with E-state index in [9.17, 15) is 9.59 Å².